The highest BCUT2D eigenvalue weighted by atomic mass is 35.5. The molecule has 0 radical (unpaired) electrons. The number of nitrogens with two attached hydrogens (primary N) is 1. The first-order chi connectivity index (χ1) is 6.42. The van der Waals surface area contributed by atoms with Gasteiger partial charge in [0.15, 0.2) is 0 Å². The number of hydrogen-bond donors (Lipinski definition) is 2. The van der Waals surface area contributed by atoms with Crippen molar-refractivity contribution in [2.24, 2.45) is 0 Å². The first-order valence-corrected chi connectivity index (χ1v) is 5.44. The molecule has 0 aromatic heterocycles. The molecule has 0 unspecified atom stereocenters. The molecule has 1 heterocycles. The molecule has 1 aliphatic rings. The van der Waals surface area contributed by atoms with Gasteiger partial charge in [0.25, 0.3) is 15.9 Å². The predicted molar refractivity (Wildman–Crippen MR) is 50.5 cm³/mol. The van der Waals surface area contributed by atoms with Gasteiger partial charge >= 0.3 is 0 Å². The van der Waals surface area contributed by atoms with Gasteiger partial charge < -0.3 is 5.73 Å². The number of nitrogen functional groups attached to an aromatic ring is 1. The quantitative estimate of drug-likeness (QED) is 0.632. The number of halogens is 1. The van der Waals surface area contributed by atoms with Gasteiger partial charge in [-0.1, -0.05) is 11.6 Å². The number of anilines is 1. The minimum absolute atomic E-state index is 0.0330. The van der Waals surface area contributed by atoms with Crippen molar-refractivity contribution >= 4 is 33.2 Å². The van der Waals surface area contributed by atoms with E-state index in [-0.39, 0.29) is 21.2 Å². The largest absolute Gasteiger partial charge is 0.398 e. The minimum Gasteiger partial charge on any atom is -0.398 e. The van der Waals surface area contributed by atoms with Gasteiger partial charge in [0.05, 0.1) is 5.56 Å². The lowest BCUT2D eigenvalue weighted by atomic mass is 10.2. The Bertz CT molecular complexity index is 538. The molecule has 0 saturated carbocycles. The Morgan fingerprint density at radius 1 is 1.36 bits per heavy atom. The number of rotatable bonds is 0. The Hall–Kier alpha value is -1.27. The van der Waals surface area contributed by atoms with Crippen molar-refractivity contribution in [3.63, 3.8) is 0 Å². The Labute approximate surface area is 84.9 Å². The van der Waals surface area contributed by atoms with Crippen molar-refractivity contribution in [3.05, 3.63) is 22.7 Å². The maximum atomic E-state index is 11.3. The summed E-state index contributed by atoms with van der Waals surface area (Å²) in [6, 6.07) is 2.53. The third-order valence-electron chi connectivity index (χ3n) is 1.84. The maximum absolute atomic E-state index is 11.3. The molecule has 1 aromatic carbocycles. The van der Waals surface area contributed by atoms with Gasteiger partial charge in [-0.15, -0.1) is 0 Å². The SMILES string of the molecule is Nc1cc(Cl)cc2c1C(=O)NS2(=O)=O. The fraction of sp³-hybridized carbons (Fsp3) is 0. The summed E-state index contributed by atoms with van der Waals surface area (Å²) in [6.45, 7) is 0. The molecule has 1 amide bonds. The Balaban J connectivity index is 2.89. The molecule has 2 rings (SSSR count). The average molecular weight is 233 g/mol. The van der Waals surface area contributed by atoms with Crippen LogP contribution < -0.4 is 10.5 Å². The van der Waals surface area contributed by atoms with Crippen molar-refractivity contribution < 1.29 is 13.2 Å². The van der Waals surface area contributed by atoms with Crippen molar-refractivity contribution in [1.82, 2.24) is 4.72 Å². The molecule has 1 aromatic rings. The van der Waals surface area contributed by atoms with Crippen LogP contribution in [-0.2, 0) is 10.0 Å². The lowest BCUT2D eigenvalue weighted by Crippen LogP contribution is -2.21. The van der Waals surface area contributed by atoms with E-state index in [4.69, 9.17) is 17.3 Å². The Morgan fingerprint density at radius 2 is 2.00 bits per heavy atom. The summed E-state index contributed by atoms with van der Waals surface area (Å²) in [4.78, 5) is 11.0. The molecule has 1 aliphatic heterocycles. The minimum atomic E-state index is -3.76. The second kappa shape index (κ2) is 2.61. The monoisotopic (exact) mass is 232 g/mol. The van der Waals surface area contributed by atoms with Gasteiger partial charge in [0.2, 0.25) is 0 Å². The second-order valence-electron chi connectivity index (χ2n) is 2.80. The number of carbonyl (C=O) groups excluding carboxylic acids is 1. The van der Waals surface area contributed by atoms with E-state index in [1.165, 1.54) is 12.1 Å². The Kier molecular flexibility index (Phi) is 1.73. The van der Waals surface area contributed by atoms with Crippen LogP contribution in [0.25, 0.3) is 0 Å². The summed E-state index contributed by atoms with van der Waals surface area (Å²) < 4.78 is 24.5. The van der Waals surface area contributed by atoms with Gasteiger partial charge in [-0.3, -0.25) is 4.79 Å². The lowest BCUT2D eigenvalue weighted by molar-refractivity contribution is 0.0986. The zero-order chi connectivity index (χ0) is 10.5. The highest BCUT2D eigenvalue weighted by molar-refractivity contribution is 7.90. The lowest BCUT2D eigenvalue weighted by Gasteiger charge is -1.99. The number of benzene rings is 1. The standard InChI is InChI=1S/C7H5ClN2O3S/c8-3-1-4(9)6-5(2-3)14(12,13)10-7(6)11/h1-2H,9H2,(H,10,11). The Morgan fingerprint density at radius 3 is 2.64 bits per heavy atom. The van der Waals surface area contributed by atoms with Crippen LogP contribution in [0.15, 0.2) is 17.0 Å². The molecule has 0 atom stereocenters. The van der Waals surface area contributed by atoms with E-state index in [0.717, 1.165) is 0 Å². The smallest absolute Gasteiger partial charge is 0.268 e. The average Bonchev–Trinajstić information content (AvgIpc) is 2.21. The highest BCUT2D eigenvalue weighted by Gasteiger charge is 2.34. The van der Waals surface area contributed by atoms with Crippen LogP contribution in [0.5, 0.6) is 0 Å². The number of nitrogens with one attached hydrogen (secondary N) is 1. The highest BCUT2D eigenvalue weighted by Crippen LogP contribution is 2.30. The molecular weight excluding hydrogens is 228 g/mol. The summed E-state index contributed by atoms with van der Waals surface area (Å²) in [5.41, 5.74) is 5.50. The van der Waals surface area contributed by atoms with Crippen LogP contribution in [0.1, 0.15) is 10.4 Å². The van der Waals surface area contributed by atoms with Gasteiger partial charge in [-0.2, -0.15) is 0 Å². The third-order valence-corrected chi connectivity index (χ3v) is 3.41. The summed E-state index contributed by atoms with van der Waals surface area (Å²) in [6.07, 6.45) is 0. The summed E-state index contributed by atoms with van der Waals surface area (Å²) in [5, 5.41) is 0.182. The van der Waals surface area contributed by atoms with Gasteiger partial charge in [0.1, 0.15) is 4.90 Å². The molecule has 3 N–H and O–H groups in total. The summed E-state index contributed by atoms with van der Waals surface area (Å²) in [5.74, 6) is -0.714. The molecule has 7 heteroatoms. The van der Waals surface area contributed by atoms with Crippen molar-refractivity contribution in [2.45, 2.75) is 4.90 Å². The number of hydrogen-bond acceptors (Lipinski definition) is 4. The molecule has 0 bridgehead atoms. The van der Waals surface area contributed by atoms with E-state index in [1.807, 2.05) is 4.72 Å². The molecule has 0 saturated heterocycles. The molecule has 14 heavy (non-hydrogen) atoms. The van der Waals surface area contributed by atoms with Crippen LogP contribution in [-0.4, -0.2) is 14.3 Å². The van der Waals surface area contributed by atoms with Gasteiger partial charge in [-0.05, 0) is 12.1 Å². The molecule has 5 nitrogen and oxygen atoms in total. The summed E-state index contributed by atoms with van der Waals surface area (Å²) in [7, 11) is -3.76. The van der Waals surface area contributed by atoms with E-state index in [0.29, 0.717) is 0 Å². The van der Waals surface area contributed by atoms with Crippen molar-refractivity contribution in [2.75, 3.05) is 5.73 Å². The summed E-state index contributed by atoms with van der Waals surface area (Å²) >= 11 is 5.62. The van der Waals surface area contributed by atoms with Crippen LogP contribution in [0.3, 0.4) is 0 Å². The van der Waals surface area contributed by atoms with E-state index in [2.05, 4.69) is 0 Å². The normalized spacial score (nSPS) is 17.6. The van der Waals surface area contributed by atoms with Gasteiger partial charge in [-0.25, -0.2) is 13.1 Å². The number of carbonyl (C=O) groups is 1. The van der Waals surface area contributed by atoms with Crippen LogP contribution >= 0.6 is 11.6 Å². The van der Waals surface area contributed by atoms with E-state index in [9.17, 15) is 13.2 Å². The predicted octanol–water partition coefficient (Wildman–Crippen LogP) is 0.354. The van der Waals surface area contributed by atoms with Crippen LogP contribution in [0, 0.1) is 0 Å². The number of sulfonamides is 1. The topological polar surface area (TPSA) is 89.3 Å². The van der Waals surface area contributed by atoms with E-state index >= 15 is 0 Å². The van der Waals surface area contributed by atoms with Crippen molar-refractivity contribution in [1.29, 1.82) is 0 Å². The first-order valence-electron chi connectivity index (χ1n) is 3.58. The number of amides is 1. The first kappa shape index (κ1) is 9.29. The molecule has 0 aliphatic carbocycles. The fourth-order valence-electron chi connectivity index (χ4n) is 1.29. The third kappa shape index (κ3) is 1.15. The van der Waals surface area contributed by atoms with E-state index in [1.54, 1.807) is 0 Å². The van der Waals surface area contributed by atoms with Gasteiger partial charge in [0, 0.05) is 10.7 Å². The van der Waals surface area contributed by atoms with Crippen LogP contribution in [0.2, 0.25) is 5.02 Å². The fourth-order valence-corrected chi connectivity index (χ4v) is 2.79. The van der Waals surface area contributed by atoms with Crippen molar-refractivity contribution in [3.8, 4) is 0 Å². The number of fused-ring (bicyclic) bond motifs is 1. The zero-order valence-electron chi connectivity index (χ0n) is 6.74. The maximum Gasteiger partial charge on any atom is 0.268 e. The van der Waals surface area contributed by atoms with E-state index < -0.39 is 15.9 Å². The molecular formula is C7H5ClN2O3S. The molecule has 74 valence electrons. The molecule has 0 fully saturated rings. The van der Waals surface area contributed by atoms with Crippen LogP contribution in [0.4, 0.5) is 5.69 Å². The second-order valence-corrected chi connectivity index (χ2v) is 4.89. The zero-order valence-corrected chi connectivity index (χ0v) is 8.32. The molecule has 0 spiro atoms.